The van der Waals surface area contributed by atoms with Gasteiger partial charge in [0, 0.05) is 5.56 Å². The number of carbonyl (C=O) groups excluding carboxylic acids is 1. The predicted octanol–water partition coefficient (Wildman–Crippen LogP) is 4.67. The van der Waals surface area contributed by atoms with Gasteiger partial charge in [0.05, 0.1) is 26.4 Å². The fraction of sp³-hybridized carbons (Fsp3) is 0.286. The Morgan fingerprint density at radius 2 is 1.68 bits per heavy atom. The molecule has 0 saturated heterocycles. The van der Waals surface area contributed by atoms with E-state index in [4.69, 9.17) is 14.2 Å². The highest BCUT2D eigenvalue weighted by atomic mass is 16.5. The van der Waals surface area contributed by atoms with Gasteiger partial charge in [0.25, 0.3) is 0 Å². The summed E-state index contributed by atoms with van der Waals surface area (Å²) in [6, 6.07) is 9.25. The average molecular weight is 340 g/mol. The zero-order valence-corrected chi connectivity index (χ0v) is 15.4. The third-order valence-electron chi connectivity index (χ3n) is 4.12. The normalized spacial score (nSPS) is 10.8. The molecule has 0 radical (unpaired) electrons. The molecule has 0 bridgehead atoms. The summed E-state index contributed by atoms with van der Waals surface area (Å²) < 4.78 is 16.0. The number of carbonyl (C=O) groups is 1. The number of ether oxygens (including phenoxy) is 3. The first-order valence-corrected chi connectivity index (χ1v) is 8.19. The Bertz CT molecular complexity index is 773. The second-order valence-corrected chi connectivity index (χ2v) is 5.63. The molecule has 0 aromatic heterocycles. The van der Waals surface area contributed by atoms with E-state index in [-0.39, 0.29) is 5.97 Å². The zero-order chi connectivity index (χ0) is 18.4. The van der Waals surface area contributed by atoms with Gasteiger partial charge in [-0.1, -0.05) is 24.3 Å². The monoisotopic (exact) mass is 340 g/mol. The average Bonchev–Trinajstić information content (AvgIpc) is 2.63. The van der Waals surface area contributed by atoms with E-state index in [1.807, 2.05) is 44.2 Å². The Kier molecular flexibility index (Phi) is 6.23. The fourth-order valence-corrected chi connectivity index (χ4v) is 2.62. The van der Waals surface area contributed by atoms with Gasteiger partial charge < -0.3 is 14.2 Å². The lowest BCUT2D eigenvalue weighted by atomic mass is 10.0. The molecule has 2 rings (SSSR count). The van der Waals surface area contributed by atoms with Crippen LogP contribution < -0.4 is 9.47 Å². The molecule has 2 aromatic carbocycles. The van der Waals surface area contributed by atoms with E-state index in [0.717, 1.165) is 33.8 Å². The molecule has 25 heavy (non-hydrogen) atoms. The summed E-state index contributed by atoms with van der Waals surface area (Å²) in [5.41, 5.74) is 4.59. The molecule has 0 spiro atoms. The lowest BCUT2D eigenvalue weighted by molar-refractivity contribution is 0.0526. The van der Waals surface area contributed by atoms with Crippen LogP contribution >= 0.6 is 0 Å². The minimum Gasteiger partial charge on any atom is -0.496 e. The minimum atomic E-state index is -0.307. The van der Waals surface area contributed by atoms with Crippen LogP contribution in [0, 0.1) is 13.8 Å². The molecule has 0 unspecified atom stereocenters. The highest BCUT2D eigenvalue weighted by Gasteiger charge is 2.12. The quantitative estimate of drug-likeness (QED) is 0.566. The van der Waals surface area contributed by atoms with E-state index < -0.39 is 0 Å². The summed E-state index contributed by atoms with van der Waals surface area (Å²) in [6.07, 6.45) is 3.95. The van der Waals surface area contributed by atoms with Crippen LogP contribution in [-0.4, -0.2) is 26.8 Å². The molecule has 132 valence electrons. The van der Waals surface area contributed by atoms with Crippen molar-refractivity contribution in [2.45, 2.75) is 20.8 Å². The third kappa shape index (κ3) is 4.21. The summed E-state index contributed by atoms with van der Waals surface area (Å²) >= 11 is 0. The van der Waals surface area contributed by atoms with Gasteiger partial charge >= 0.3 is 5.97 Å². The van der Waals surface area contributed by atoms with Crippen molar-refractivity contribution in [2.75, 3.05) is 20.8 Å². The van der Waals surface area contributed by atoms with E-state index in [9.17, 15) is 4.79 Å². The zero-order valence-electron chi connectivity index (χ0n) is 15.4. The van der Waals surface area contributed by atoms with Gasteiger partial charge in [0.2, 0.25) is 0 Å². The molecular weight excluding hydrogens is 316 g/mol. The van der Waals surface area contributed by atoms with Gasteiger partial charge in [0.15, 0.2) is 0 Å². The van der Waals surface area contributed by atoms with Gasteiger partial charge in [-0.2, -0.15) is 0 Å². The standard InChI is InChI=1S/C21H24O4/c1-6-25-21(22)17-10-7-16(8-11-17)9-12-18-13-19(23-4)14(2)15(3)20(18)24-5/h7-13H,6H2,1-5H3. The first-order chi connectivity index (χ1) is 12.0. The van der Waals surface area contributed by atoms with Crippen molar-refractivity contribution in [1.82, 2.24) is 0 Å². The molecule has 0 aliphatic heterocycles. The summed E-state index contributed by atoms with van der Waals surface area (Å²) in [5.74, 6) is 1.35. The smallest absolute Gasteiger partial charge is 0.338 e. The predicted molar refractivity (Wildman–Crippen MR) is 100 cm³/mol. The van der Waals surface area contributed by atoms with Gasteiger partial charge in [-0.05, 0) is 55.7 Å². The van der Waals surface area contributed by atoms with Crippen LogP contribution in [0.15, 0.2) is 30.3 Å². The van der Waals surface area contributed by atoms with Gasteiger partial charge in [-0.25, -0.2) is 4.79 Å². The fourth-order valence-electron chi connectivity index (χ4n) is 2.62. The topological polar surface area (TPSA) is 44.8 Å². The Hall–Kier alpha value is -2.75. The molecule has 0 atom stereocenters. The van der Waals surface area contributed by atoms with Crippen LogP contribution in [0.1, 0.15) is 39.5 Å². The molecule has 0 amide bonds. The van der Waals surface area contributed by atoms with E-state index in [0.29, 0.717) is 12.2 Å². The Morgan fingerprint density at radius 1 is 1.00 bits per heavy atom. The van der Waals surface area contributed by atoms with Crippen molar-refractivity contribution >= 4 is 18.1 Å². The summed E-state index contributed by atoms with van der Waals surface area (Å²) in [6.45, 7) is 6.19. The number of hydrogen-bond donors (Lipinski definition) is 0. The Morgan fingerprint density at radius 3 is 2.24 bits per heavy atom. The first kappa shape index (κ1) is 18.6. The van der Waals surface area contributed by atoms with E-state index in [1.54, 1.807) is 33.3 Å². The van der Waals surface area contributed by atoms with Crippen molar-refractivity contribution in [1.29, 1.82) is 0 Å². The van der Waals surface area contributed by atoms with Crippen LogP contribution in [0.25, 0.3) is 12.2 Å². The summed E-state index contributed by atoms with van der Waals surface area (Å²) in [5, 5.41) is 0. The van der Waals surface area contributed by atoms with Crippen molar-refractivity contribution in [2.24, 2.45) is 0 Å². The van der Waals surface area contributed by atoms with Gasteiger partial charge in [-0.15, -0.1) is 0 Å². The molecule has 0 heterocycles. The van der Waals surface area contributed by atoms with E-state index >= 15 is 0 Å². The molecule has 0 N–H and O–H groups in total. The second-order valence-electron chi connectivity index (χ2n) is 5.63. The minimum absolute atomic E-state index is 0.307. The summed E-state index contributed by atoms with van der Waals surface area (Å²) in [4.78, 5) is 11.7. The number of hydrogen-bond acceptors (Lipinski definition) is 4. The highest BCUT2D eigenvalue weighted by molar-refractivity contribution is 5.89. The van der Waals surface area contributed by atoms with Crippen molar-refractivity contribution in [3.63, 3.8) is 0 Å². The van der Waals surface area contributed by atoms with Crippen LogP contribution in [0.5, 0.6) is 11.5 Å². The van der Waals surface area contributed by atoms with Crippen LogP contribution in [0.2, 0.25) is 0 Å². The molecule has 4 heteroatoms. The van der Waals surface area contributed by atoms with Crippen LogP contribution in [0.3, 0.4) is 0 Å². The molecule has 0 aliphatic rings. The molecular formula is C21H24O4. The molecule has 2 aromatic rings. The number of esters is 1. The maximum Gasteiger partial charge on any atom is 0.338 e. The van der Waals surface area contributed by atoms with E-state index in [2.05, 4.69) is 0 Å². The Balaban J connectivity index is 2.30. The van der Waals surface area contributed by atoms with Crippen molar-refractivity contribution in [3.05, 3.63) is 58.1 Å². The van der Waals surface area contributed by atoms with Gasteiger partial charge in [0.1, 0.15) is 11.5 Å². The molecule has 4 nitrogen and oxygen atoms in total. The van der Waals surface area contributed by atoms with Crippen molar-refractivity contribution < 1.29 is 19.0 Å². The largest absolute Gasteiger partial charge is 0.496 e. The second kappa shape index (κ2) is 8.38. The SMILES string of the molecule is CCOC(=O)c1ccc(C=Cc2cc(OC)c(C)c(C)c2OC)cc1. The first-order valence-electron chi connectivity index (χ1n) is 8.19. The molecule has 0 fully saturated rings. The Labute approximate surface area is 149 Å². The van der Waals surface area contributed by atoms with Gasteiger partial charge in [-0.3, -0.25) is 0 Å². The van der Waals surface area contributed by atoms with Crippen LogP contribution in [0.4, 0.5) is 0 Å². The maximum absolute atomic E-state index is 11.7. The lowest BCUT2D eigenvalue weighted by Crippen LogP contribution is -2.03. The molecule has 0 saturated carbocycles. The number of methoxy groups -OCH3 is 2. The van der Waals surface area contributed by atoms with E-state index in [1.165, 1.54) is 0 Å². The third-order valence-corrected chi connectivity index (χ3v) is 4.12. The number of benzene rings is 2. The maximum atomic E-state index is 11.7. The summed E-state index contributed by atoms with van der Waals surface area (Å²) in [7, 11) is 3.33. The van der Waals surface area contributed by atoms with Crippen LogP contribution in [-0.2, 0) is 4.74 Å². The van der Waals surface area contributed by atoms with Crippen molar-refractivity contribution in [3.8, 4) is 11.5 Å². The molecule has 0 aliphatic carbocycles. The highest BCUT2D eigenvalue weighted by Crippen LogP contribution is 2.34. The lowest BCUT2D eigenvalue weighted by Gasteiger charge is -2.15. The number of rotatable bonds is 6.